The summed E-state index contributed by atoms with van der Waals surface area (Å²) >= 11 is 0. The van der Waals surface area contributed by atoms with E-state index in [1.165, 1.54) is 0 Å². The fraction of sp³-hybridized carbons (Fsp3) is 0.364. The fourth-order valence-corrected chi connectivity index (χ4v) is 1.26. The van der Waals surface area contributed by atoms with Gasteiger partial charge in [-0.1, -0.05) is 0 Å². The summed E-state index contributed by atoms with van der Waals surface area (Å²) in [4.78, 5) is 13.3. The Bertz CT molecular complexity index is 338. The largest absolute Gasteiger partial charge is 0.399 e. The third-order valence-corrected chi connectivity index (χ3v) is 2.09. The smallest absolute Gasteiger partial charge is 0.238 e. The Morgan fingerprint density at radius 2 is 2.06 bits per heavy atom. The summed E-state index contributed by atoms with van der Waals surface area (Å²) in [5, 5.41) is 11.4. The van der Waals surface area contributed by atoms with E-state index in [0.29, 0.717) is 12.2 Å². The molecule has 5 nitrogen and oxygen atoms in total. The lowest BCUT2D eigenvalue weighted by atomic mass is 10.3. The summed E-state index contributed by atoms with van der Waals surface area (Å²) in [5.41, 5.74) is 6.91. The molecule has 0 aliphatic heterocycles. The van der Waals surface area contributed by atoms with Crippen LogP contribution in [-0.2, 0) is 4.79 Å². The minimum atomic E-state index is -0.110. The number of nitrogens with zero attached hydrogens (tertiary/aromatic N) is 1. The standard InChI is InChI=1S/C11H17N3O2/c1-14(6-7-15)8-11(16)13-10-4-2-9(12)3-5-10/h2-5,15H,6-8,12H2,1H3,(H,13,16). The average molecular weight is 223 g/mol. The molecule has 0 aliphatic rings. The lowest BCUT2D eigenvalue weighted by molar-refractivity contribution is -0.117. The number of nitrogens with one attached hydrogen (secondary N) is 1. The summed E-state index contributed by atoms with van der Waals surface area (Å²) in [6, 6.07) is 6.96. The molecular weight excluding hydrogens is 206 g/mol. The van der Waals surface area contributed by atoms with Gasteiger partial charge in [0.1, 0.15) is 0 Å². The highest BCUT2D eigenvalue weighted by Crippen LogP contribution is 2.10. The predicted octanol–water partition coefficient (Wildman–Crippen LogP) is 0.131. The third kappa shape index (κ3) is 4.29. The number of hydrogen-bond donors (Lipinski definition) is 3. The van der Waals surface area contributed by atoms with Crippen molar-refractivity contribution in [2.75, 3.05) is 37.8 Å². The molecule has 0 radical (unpaired) electrons. The number of carbonyl (C=O) groups excluding carboxylic acids is 1. The molecule has 4 N–H and O–H groups in total. The monoisotopic (exact) mass is 223 g/mol. The molecule has 0 heterocycles. The second-order valence-corrected chi connectivity index (χ2v) is 3.63. The van der Waals surface area contributed by atoms with Gasteiger partial charge in [0.15, 0.2) is 0 Å². The van der Waals surface area contributed by atoms with E-state index in [-0.39, 0.29) is 19.1 Å². The fourth-order valence-electron chi connectivity index (χ4n) is 1.26. The zero-order valence-electron chi connectivity index (χ0n) is 9.31. The van der Waals surface area contributed by atoms with Crippen LogP contribution < -0.4 is 11.1 Å². The molecule has 1 amide bonds. The van der Waals surface area contributed by atoms with Crippen molar-refractivity contribution in [1.82, 2.24) is 4.90 Å². The Hall–Kier alpha value is -1.59. The highest BCUT2D eigenvalue weighted by atomic mass is 16.3. The number of aliphatic hydroxyl groups is 1. The van der Waals surface area contributed by atoms with Crippen molar-refractivity contribution >= 4 is 17.3 Å². The van der Waals surface area contributed by atoms with Gasteiger partial charge in [0.05, 0.1) is 13.2 Å². The predicted molar refractivity (Wildman–Crippen MR) is 64.1 cm³/mol. The Morgan fingerprint density at radius 1 is 1.44 bits per heavy atom. The van der Waals surface area contributed by atoms with Crippen LogP contribution in [0.3, 0.4) is 0 Å². The number of amides is 1. The molecule has 0 saturated carbocycles. The first-order valence-corrected chi connectivity index (χ1v) is 5.06. The number of rotatable bonds is 5. The number of hydrogen-bond acceptors (Lipinski definition) is 4. The summed E-state index contributed by atoms with van der Waals surface area (Å²) < 4.78 is 0. The molecule has 0 atom stereocenters. The number of nitrogen functional groups attached to an aromatic ring is 1. The number of benzene rings is 1. The SMILES string of the molecule is CN(CCO)CC(=O)Nc1ccc(N)cc1. The van der Waals surface area contributed by atoms with Crippen LogP contribution in [0.4, 0.5) is 11.4 Å². The molecule has 88 valence electrons. The molecule has 0 unspecified atom stereocenters. The highest BCUT2D eigenvalue weighted by Gasteiger charge is 2.05. The lowest BCUT2D eigenvalue weighted by Gasteiger charge is -2.14. The van der Waals surface area contributed by atoms with E-state index in [2.05, 4.69) is 5.32 Å². The van der Waals surface area contributed by atoms with Crippen molar-refractivity contribution in [3.05, 3.63) is 24.3 Å². The van der Waals surface area contributed by atoms with Crippen molar-refractivity contribution < 1.29 is 9.90 Å². The van der Waals surface area contributed by atoms with Gasteiger partial charge < -0.3 is 16.2 Å². The first-order chi connectivity index (χ1) is 7.61. The average Bonchev–Trinajstić information content (AvgIpc) is 2.21. The molecule has 1 rings (SSSR count). The van der Waals surface area contributed by atoms with Gasteiger partial charge in [0, 0.05) is 17.9 Å². The summed E-state index contributed by atoms with van der Waals surface area (Å²) in [7, 11) is 1.78. The van der Waals surface area contributed by atoms with Crippen LogP contribution in [0.25, 0.3) is 0 Å². The van der Waals surface area contributed by atoms with Gasteiger partial charge in [0.25, 0.3) is 0 Å². The summed E-state index contributed by atoms with van der Waals surface area (Å²) in [5.74, 6) is -0.110. The van der Waals surface area contributed by atoms with Gasteiger partial charge in [-0.2, -0.15) is 0 Å². The molecule has 16 heavy (non-hydrogen) atoms. The van der Waals surface area contributed by atoms with Crippen molar-refractivity contribution in [2.45, 2.75) is 0 Å². The van der Waals surface area contributed by atoms with Gasteiger partial charge in [-0.3, -0.25) is 9.69 Å². The van der Waals surface area contributed by atoms with Crippen LogP contribution in [-0.4, -0.2) is 42.7 Å². The van der Waals surface area contributed by atoms with Crippen LogP contribution >= 0.6 is 0 Å². The molecule has 0 aliphatic carbocycles. The zero-order valence-corrected chi connectivity index (χ0v) is 9.31. The van der Waals surface area contributed by atoms with Crippen molar-refractivity contribution in [2.24, 2.45) is 0 Å². The van der Waals surface area contributed by atoms with E-state index < -0.39 is 0 Å². The van der Waals surface area contributed by atoms with Crippen LogP contribution in [0.5, 0.6) is 0 Å². The van der Waals surface area contributed by atoms with Gasteiger partial charge >= 0.3 is 0 Å². The van der Waals surface area contributed by atoms with Gasteiger partial charge in [-0.15, -0.1) is 0 Å². The first kappa shape index (κ1) is 12.5. The molecule has 0 spiro atoms. The van der Waals surface area contributed by atoms with Crippen LogP contribution in [0.2, 0.25) is 0 Å². The Labute approximate surface area is 94.9 Å². The normalized spacial score (nSPS) is 10.4. The van der Waals surface area contributed by atoms with Crippen molar-refractivity contribution in [1.29, 1.82) is 0 Å². The maximum Gasteiger partial charge on any atom is 0.238 e. The first-order valence-electron chi connectivity index (χ1n) is 5.06. The number of anilines is 2. The topological polar surface area (TPSA) is 78.6 Å². The lowest BCUT2D eigenvalue weighted by Crippen LogP contribution is -2.32. The minimum absolute atomic E-state index is 0.0473. The number of nitrogens with two attached hydrogens (primary N) is 1. The number of carbonyl (C=O) groups is 1. The summed E-state index contributed by atoms with van der Waals surface area (Å²) in [6.45, 7) is 0.783. The van der Waals surface area contributed by atoms with Crippen molar-refractivity contribution in [3.63, 3.8) is 0 Å². The molecular formula is C11H17N3O2. The van der Waals surface area contributed by atoms with Crippen molar-refractivity contribution in [3.8, 4) is 0 Å². The van der Waals surface area contributed by atoms with E-state index in [4.69, 9.17) is 10.8 Å². The molecule has 1 aromatic rings. The number of aliphatic hydroxyl groups excluding tert-OH is 1. The van der Waals surface area contributed by atoms with Crippen LogP contribution in [0.15, 0.2) is 24.3 Å². The quantitative estimate of drug-likeness (QED) is 0.620. The number of likely N-dealkylation sites (N-methyl/N-ethyl adjacent to an activating group) is 1. The van der Waals surface area contributed by atoms with Crippen LogP contribution in [0.1, 0.15) is 0 Å². The maximum absolute atomic E-state index is 11.5. The Kier molecular flexibility index (Phi) is 4.75. The van der Waals surface area contributed by atoms with Gasteiger partial charge in [0.2, 0.25) is 5.91 Å². The zero-order chi connectivity index (χ0) is 12.0. The molecule has 5 heteroatoms. The molecule has 0 saturated heterocycles. The van der Waals surface area contributed by atoms with Gasteiger partial charge in [-0.05, 0) is 31.3 Å². The van der Waals surface area contributed by atoms with E-state index in [9.17, 15) is 4.79 Å². The second-order valence-electron chi connectivity index (χ2n) is 3.63. The van der Waals surface area contributed by atoms with E-state index >= 15 is 0 Å². The molecule has 1 aromatic carbocycles. The van der Waals surface area contributed by atoms with E-state index in [0.717, 1.165) is 5.69 Å². The minimum Gasteiger partial charge on any atom is -0.399 e. The third-order valence-electron chi connectivity index (χ3n) is 2.09. The van der Waals surface area contributed by atoms with E-state index in [1.807, 2.05) is 0 Å². The molecule has 0 fully saturated rings. The Balaban J connectivity index is 2.42. The van der Waals surface area contributed by atoms with Crippen LogP contribution in [0, 0.1) is 0 Å². The highest BCUT2D eigenvalue weighted by molar-refractivity contribution is 5.92. The maximum atomic E-state index is 11.5. The summed E-state index contributed by atoms with van der Waals surface area (Å²) in [6.07, 6.45) is 0. The second kappa shape index (κ2) is 6.09. The Morgan fingerprint density at radius 3 is 2.62 bits per heavy atom. The van der Waals surface area contributed by atoms with Gasteiger partial charge in [-0.25, -0.2) is 0 Å². The molecule has 0 bridgehead atoms. The van der Waals surface area contributed by atoms with E-state index in [1.54, 1.807) is 36.2 Å². The molecule has 0 aromatic heterocycles.